The van der Waals surface area contributed by atoms with Gasteiger partial charge in [0.25, 0.3) is 5.91 Å². The van der Waals surface area contributed by atoms with Crippen molar-refractivity contribution in [1.82, 2.24) is 10.3 Å². The average molecular weight is 407 g/mol. The summed E-state index contributed by atoms with van der Waals surface area (Å²) in [5, 5.41) is 3.94. The lowest BCUT2D eigenvalue weighted by Gasteiger charge is -2.01. The molecule has 3 rings (SSSR count). The molecule has 0 atom stereocenters. The Hall–Kier alpha value is -1.50. The summed E-state index contributed by atoms with van der Waals surface area (Å²) in [7, 11) is 0. The number of aryl methyl sites for hydroxylation is 1. The Balaban J connectivity index is 1.66. The van der Waals surface area contributed by atoms with E-state index in [1.807, 2.05) is 37.3 Å². The number of carbonyl (C=O) groups excluding carboxylic acids is 1. The van der Waals surface area contributed by atoms with Crippen molar-refractivity contribution >= 4 is 44.5 Å². The molecule has 2 aromatic heterocycles. The number of benzene rings is 1. The monoisotopic (exact) mass is 406 g/mol. The highest BCUT2D eigenvalue weighted by Crippen LogP contribution is 2.23. The van der Waals surface area contributed by atoms with Crippen LogP contribution in [0.1, 0.15) is 30.8 Å². The van der Waals surface area contributed by atoms with Crippen LogP contribution >= 0.6 is 38.6 Å². The van der Waals surface area contributed by atoms with E-state index in [1.54, 1.807) is 11.3 Å². The first-order chi connectivity index (χ1) is 11.1. The van der Waals surface area contributed by atoms with E-state index in [-0.39, 0.29) is 5.91 Å². The molecular formula is C17H15BrN2OS2. The van der Waals surface area contributed by atoms with Crippen molar-refractivity contribution in [2.75, 3.05) is 0 Å². The van der Waals surface area contributed by atoms with E-state index in [1.165, 1.54) is 16.9 Å². The van der Waals surface area contributed by atoms with Crippen LogP contribution in [0, 0.1) is 6.92 Å². The Morgan fingerprint density at radius 2 is 1.96 bits per heavy atom. The van der Waals surface area contributed by atoms with E-state index in [0.29, 0.717) is 11.4 Å². The van der Waals surface area contributed by atoms with E-state index in [2.05, 4.69) is 38.4 Å². The lowest BCUT2D eigenvalue weighted by atomic mass is 10.2. The van der Waals surface area contributed by atoms with Crippen molar-refractivity contribution < 1.29 is 4.79 Å². The van der Waals surface area contributed by atoms with Crippen LogP contribution in [0.25, 0.3) is 0 Å². The second-order valence-electron chi connectivity index (χ2n) is 5.07. The number of carbonyl (C=O) groups is 1. The number of hydrogen-bond donors (Lipinski definition) is 1. The van der Waals surface area contributed by atoms with Gasteiger partial charge in [0.05, 0.1) is 21.0 Å². The predicted molar refractivity (Wildman–Crippen MR) is 99.3 cm³/mol. The maximum atomic E-state index is 12.4. The van der Waals surface area contributed by atoms with Crippen molar-refractivity contribution in [3.8, 4) is 0 Å². The summed E-state index contributed by atoms with van der Waals surface area (Å²) < 4.78 is 1.07. The number of thiophene rings is 1. The summed E-state index contributed by atoms with van der Waals surface area (Å²) >= 11 is 6.53. The fraction of sp³-hybridized carbons (Fsp3) is 0.176. The summed E-state index contributed by atoms with van der Waals surface area (Å²) in [5.74, 6) is -0.0520. The molecule has 1 N–H and O–H groups in total. The minimum absolute atomic E-state index is 0.0520. The topological polar surface area (TPSA) is 42.0 Å². The molecule has 0 bridgehead atoms. The minimum Gasteiger partial charge on any atom is -0.346 e. The molecule has 0 spiro atoms. The SMILES string of the molecule is Cc1nc(Cc2ccccc2)sc1C(=O)NCc1ccc(Br)s1. The summed E-state index contributed by atoms with van der Waals surface area (Å²) in [5.41, 5.74) is 2.00. The normalized spacial score (nSPS) is 10.7. The molecule has 6 heteroatoms. The molecule has 0 aliphatic heterocycles. The van der Waals surface area contributed by atoms with Crippen molar-refractivity contribution in [1.29, 1.82) is 0 Å². The number of rotatable bonds is 5. The fourth-order valence-electron chi connectivity index (χ4n) is 2.20. The number of halogens is 1. The first-order valence-electron chi connectivity index (χ1n) is 7.14. The Bertz CT molecular complexity index is 811. The van der Waals surface area contributed by atoms with E-state index in [0.717, 1.165) is 25.8 Å². The quantitative estimate of drug-likeness (QED) is 0.661. The number of hydrogen-bond acceptors (Lipinski definition) is 4. The first-order valence-corrected chi connectivity index (χ1v) is 9.57. The Kier molecular flexibility index (Phi) is 5.25. The zero-order valence-electron chi connectivity index (χ0n) is 12.5. The van der Waals surface area contributed by atoms with Gasteiger partial charge < -0.3 is 5.32 Å². The van der Waals surface area contributed by atoms with Gasteiger partial charge >= 0.3 is 0 Å². The molecule has 0 saturated heterocycles. The highest BCUT2D eigenvalue weighted by atomic mass is 79.9. The minimum atomic E-state index is -0.0520. The molecule has 23 heavy (non-hydrogen) atoms. The van der Waals surface area contributed by atoms with Crippen LogP contribution in [0.3, 0.4) is 0 Å². The molecule has 0 radical (unpaired) electrons. The molecule has 0 saturated carbocycles. The zero-order chi connectivity index (χ0) is 16.2. The van der Waals surface area contributed by atoms with Crippen LogP contribution in [0.5, 0.6) is 0 Å². The number of aromatic nitrogens is 1. The van der Waals surface area contributed by atoms with Gasteiger partial charge in [-0.05, 0) is 40.5 Å². The van der Waals surface area contributed by atoms with Gasteiger partial charge in [-0.1, -0.05) is 30.3 Å². The fourth-order valence-corrected chi connectivity index (χ4v) is 4.64. The molecule has 3 aromatic rings. The van der Waals surface area contributed by atoms with Gasteiger partial charge in [0.2, 0.25) is 0 Å². The molecule has 0 unspecified atom stereocenters. The molecule has 0 fully saturated rings. The highest BCUT2D eigenvalue weighted by molar-refractivity contribution is 9.11. The standard InChI is InChI=1S/C17H15BrN2OS2/c1-11-16(17(21)19-10-13-7-8-14(18)22-13)23-15(20-11)9-12-5-3-2-4-6-12/h2-8H,9-10H2,1H3,(H,19,21). The lowest BCUT2D eigenvalue weighted by molar-refractivity contribution is 0.0954. The number of nitrogens with zero attached hydrogens (tertiary/aromatic N) is 1. The van der Waals surface area contributed by atoms with E-state index >= 15 is 0 Å². The maximum Gasteiger partial charge on any atom is 0.263 e. The average Bonchev–Trinajstić information content (AvgIpc) is 3.12. The van der Waals surface area contributed by atoms with Crippen molar-refractivity contribution in [3.05, 3.63) is 72.3 Å². The van der Waals surface area contributed by atoms with Gasteiger partial charge in [0.1, 0.15) is 4.88 Å². The predicted octanol–water partition coefficient (Wildman–Crippen LogP) is 4.80. The second kappa shape index (κ2) is 7.38. The van der Waals surface area contributed by atoms with E-state index in [4.69, 9.17) is 0 Å². The Morgan fingerprint density at radius 3 is 2.65 bits per heavy atom. The van der Waals surface area contributed by atoms with Gasteiger partial charge in [-0.3, -0.25) is 4.79 Å². The Morgan fingerprint density at radius 1 is 1.17 bits per heavy atom. The molecule has 3 nitrogen and oxygen atoms in total. The van der Waals surface area contributed by atoms with Crippen LogP contribution in [0.2, 0.25) is 0 Å². The van der Waals surface area contributed by atoms with Crippen LogP contribution in [0.15, 0.2) is 46.3 Å². The molecule has 0 aliphatic rings. The summed E-state index contributed by atoms with van der Waals surface area (Å²) in [6.07, 6.45) is 0.761. The summed E-state index contributed by atoms with van der Waals surface area (Å²) in [4.78, 5) is 18.7. The second-order valence-corrected chi connectivity index (χ2v) is 8.70. The molecule has 0 aliphatic carbocycles. The number of amides is 1. The van der Waals surface area contributed by atoms with Gasteiger partial charge in [0.15, 0.2) is 0 Å². The van der Waals surface area contributed by atoms with Gasteiger partial charge in [0, 0.05) is 11.3 Å². The molecule has 2 heterocycles. The van der Waals surface area contributed by atoms with Crippen LogP contribution in [-0.4, -0.2) is 10.9 Å². The molecule has 1 aromatic carbocycles. The van der Waals surface area contributed by atoms with Gasteiger partial charge in [-0.25, -0.2) is 4.98 Å². The molecular weight excluding hydrogens is 392 g/mol. The smallest absolute Gasteiger partial charge is 0.263 e. The lowest BCUT2D eigenvalue weighted by Crippen LogP contribution is -2.22. The third kappa shape index (κ3) is 4.28. The summed E-state index contributed by atoms with van der Waals surface area (Å²) in [6.45, 7) is 2.43. The van der Waals surface area contributed by atoms with E-state index < -0.39 is 0 Å². The van der Waals surface area contributed by atoms with E-state index in [9.17, 15) is 4.79 Å². The first kappa shape index (κ1) is 16.4. The van der Waals surface area contributed by atoms with Crippen molar-refractivity contribution in [2.24, 2.45) is 0 Å². The Labute approximate surface area is 151 Å². The van der Waals surface area contributed by atoms with Crippen molar-refractivity contribution in [3.63, 3.8) is 0 Å². The van der Waals surface area contributed by atoms with Crippen LogP contribution in [-0.2, 0) is 13.0 Å². The number of thiazole rings is 1. The van der Waals surface area contributed by atoms with Crippen LogP contribution < -0.4 is 5.32 Å². The number of nitrogens with one attached hydrogen (secondary N) is 1. The van der Waals surface area contributed by atoms with Crippen LogP contribution in [0.4, 0.5) is 0 Å². The highest BCUT2D eigenvalue weighted by Gasteiger charge is 2.15. The molecule has 1 amide bonds. The zero-order valence-corrected chi connectivity index (χ0v) is 15.7. The third-order valence-corrected chi connectivity index (χ3v) is 6.08. The largest absolute Gasteiger partial charge is 0.346 e. The van der Waals surface area contributed by atoms with Gasteiger partial charge in [-0.15, -0.1) is 22.7 Å². The summed E-state index contributed by atoms with van der Waals surface area (Å²) in [6, 6.07) is 14.2. The van der Waals surface area contributed by atoms with Crippen molar-refractivity contribution in [2.45, 2.75) is 19.9 Å². The van der Waals surface area contributed by atoms with Gasteiger partial charge in [-0.2, -0.15) is 0 Å². The maximum absolute atomic E-state index is 12.4. The third-order valence-electron chi connectivity index (χ3n) is 3.30. The molecule has 118 valence electrons.